The van der Waals surface area contributed by atoms with Crippen molar-refractivity contribution < 1.29 is 18.3 Å². The maximum Gasteiger partial charge on any atom is 0.330 e. The highest BCUT2D eigenvalue weighted by atomic mass is 35.5. The van der Waals surface area contributed by atoms with Crippen molar-refractivity contribution >= 4 is 48.1 Å². The Balaban J connectivity index is 1.73. The van der Waals surface area contributed by atoms with E-state index in [1.54, 1.807) is 31.9 Å². The topological polar surface area (TPSA) is 114 Å². The molecule has 0 spiro atoms. The molecule has 0 amide bonds. The van der Waals surface area contributed by atoms with E-state index in [2.05, 4.69) is 21.9 Å². The van der Waals surface area contributed by atoms with Gasteiger partial charge in [0, 0.05) is 5.25 Å². The third kappa shape index (κ3) is 4.58. The monoisotopic (exact) mass is 435 g/mol. The molecule has 0 aromatic carbocycles. The molecule has 2 aromatic heterocycles. The second-order valence-electron chi connectivity index (χ2n) is 5.95. The van der Waals surface area contributed by atoms with Gasteiger partial charge in [-0.2, -0.15) is 9.97 Å². The van der Waals surface area contributed by atoms with E-state index in [1.165, 1.54) is 0 Å². The average molecular weight is 436 g/mol. The molecule has 3 rings (SSSR count). The number of nitrogen functional groups attached to an aromatic ring is 1. The van der Waals surface area contributed by atoms with Crippen LogP contribution in [0.2, 0.25) is 5.15 Å². The number of hydrogen-bond acceptors (Lipinski definition) is 9. The number of aromatic nitrogens is 4. The summed E-state index contributed by atoms with van der Waals surface area (Å²) in [6.45, 7) is 6.34. The van der Waals surface area contributed by atoms with Gasteiger partial charge in [0.1, 0.15) is 17.2 Å². The van der Waals surface area contributed by atoms with Crippen LogP contribution >= 0.6 is 31.0 Å². The molecule has 1 saturated heterocycles. The number of nitrogens with zero attached hydrogens (tertiary/aromatic N) is 4. The second kappa shape index (κ2) is 8.63. The molecule has 0 saturated carbocycles. The summed E-state index contributed by atoms with van der Waals surface area (Å²) in [6, 6.07) is 0. The van der Waals surface area contributed by atoms with E-state index >= 15 is 0 Å². The van der Waals surface area contributed by atoms with Gasteiger partial charge in [0.25, 0.3) is 0 Å². The number of halogens is 1. The van der Waals surface area contributed by atoms with Crippen molar-refractivity contribution in [2.24, 2.45) is 0 Å². The third-order valence-corrected chi connectivity index (χ3v) is 7.70. The molecular formula is C15H23ClN5O4PS. The Bertz CT molecular complexity index is 843. The predicted octanol–water partition coefficient (Wildman–Crippen LogP) is 3.69. The van der Waals surface area contributed by atoms with Crippen LogP contribution in [0, 0.1) is 0 Å². The molecule has 3 heterocycles. The zero-order valence-electron chi connectivity index (χ0n) is 15.4. The van der Waals surface area contributed by atoms with Crippen molar-refractivity contribution in [3.05, 3.63) is 11.5 Å². The number of imidazole rings is 1. The van der Waals surface area contributed by atoms with Crippen molar-refractivity contribution in [3.63, 3.8) is 0 Å². The molecule has 9 nitrogen and oxygen atoms in total. The van der Waals surface area contributed by atoms with Crippen LogP contribution in [-0.4, -0.2) is 49.6 Å². The minimum Gasteiger partial charge on any atom is -0.368 e. The van der Waals surface area contributed by atoms with E-state index in [0.29, 0.717) is 37.0 Å². The van der Waals surface area contributed by atoms with Crippen LogP contribution in [0.5, 0.6) is 0 Å². The van der Waals surface area contributed by atoms with Gasteiger partial charge in [-0.1, -0.05) is 11.6 Å². The highest BCUT2D eigenvalue weighted by molar-refractivity contribution is 8.00. The van der Waals surface area contributed by atoms with E-state index in [-0.39, 0.29) is 28.0 Å². The van der Waals surface area contributed by atoms with Crippen molar-refractivity contribution in [1.82, 2.24) is 19.5 Å². The summed E-state index contributed by atoms with van der Waals surface area (Å²) in [4.78, 5) is 12.4. The lowest BCUT2D eigenvalue weighted by Gasteiger charge is -2.19. The lowest BCUT2D eigenvalue weighted by atomic mass is 10.4. The van der Waals surface area contributed by atoms with Crippen molar-refractivity contribution in [2.75, 3.05) is 25.1 Å². The SMILES string of the molecule is CCOP(=O)(CC[C@@H]1O[C@H](n2cnc3c(Cl)nc(N)nc32)[C@@H](C)S1)OCC. The highest BCUT2D eigenvalue weighted by Crippen LogP contribution is 2.51. The van der Waals surface area contributed by atoms with E-state index < -0.39 is 7.60 Å². The van der Waals surface area contributed by atoms with Gasteiger partial charge in [0.2, 0.25) is 5.95 Å². The number of hydrogen-bond donors (Lipinski definition) is 1. The number of anilines is 1. The van der Waals surface area contributed by atoms with Crippen molar-refractivity contribution in [3.8, 4) is 0 Å². The third-order valence-electron chi connectivity index (χ3n) is 4.02. The minimum absolute atomic E-state index is 0.0819. The molecule has 27 heavy (non-hydrogen) atoms. The molecule has 0 radical (unpaired) electrons. The molecule has 3 atom stereocenters. The van der Waals surface area contributed by atoms with Gasteiger partial charge < -0.3 is 19.5 Å². The molecule has 1 fully saturated rings. The summed E-state index contributed by atoms with van der Waals surface area (Å²) in [5, 5.41) is 0.335. The van der Waals surface area contributed by atoms with E-state index in [0.717, 1.165) is 0 Å². The smallest absolute Gasteiger partial charge is 0.330 e. The van der Waals surface area contributed by atoms with Crippen LogP contribution < -0.4 is 5.73 Å². The Labute approximate surface area is 166 Å². The number of nitrogens with two attached hydrogens (primary N) is 1. The number of ether oxygens (including phenoxy) is 1. The van der Waals surface area contributed by atoms with Crippen molar-refractivity contribution in [1.29, 1.82) is 0 Å². The Morgan fingerprint density at radius 2 is 2.07 bits per heavy atom. The summed E-state index contributed by atoms with van der Waals surface area (Å²) in [5.74, 6) is 0.0819. The van der Waals surface area contributed by atoms with Gasteiger partial charge in [-0.25, -0.2) is 4.98 Å². The maximum absolute atomic E-state index is 12.6. The fourth-order valence-corrected chi connectivity index (χ4v) is 6.25. The van der Waals surface area contributed by atoms with Crippen LogP contribution in [0.1, 0.15) is 33.4 Å². The largest absolute Gasteiger partial charge is 0.368 e. The molecular weight excluding hydrogens is 413 g/mol. The number of thioether (sulfide) groups is 1. The number of fused-ring (bicyclic) bond motifs is 1. The first kappa shape index (κ1) is 20.8. The van der Waals surface area contributed by atoms with E-state index in [4.69, 9.17) is 31.1 Å². The maximum atomic E-state index is 12.6. The molecule has 2 N–H and O–H groups in total. The van der Waals surface area contributed by atoms with E-state index in [9.17, 15) is 4.57 Å². The zero-order valence-corrected chi connectivity index (χ0v) is 17.8. The molecule has 2 aromatic rings. The quantitative estimate of drug-likeness (QED) is 0.489. The summed E-state index contributed by atoms with van der Waals surface area (Å²) in [5.41, 5.74) is 6.57. The van der Waals surface area contributed by atoms with Gasteiger partial charge in [0.05, 0.1) is 25.7 Å². The summed E-state index contributed by atoms with van der Waals surface area (Å²) in [7, 11) is -3.09. The highest BCUT2D eigenvalue weighted by Gasteiger charge is 2.37. The molecule has 0 aliphatic carbocycles. The van der Waals surface area contributed by atoms with Crippen LogP contribution in [0.15, 0.2) is 6.33 Å². The van der Waals surface area contributed by atoms with Gasteiger partial charge >= 0.3 is 7.60 Å². The minimum atomic E-state index is -3.09. The van der Waals surface area contributed by atoms with E-state index in [1.807, 2.05) is 4.57 Å². The summed E-state index contributed by atoms with van der Waals surface area (Å²) in [6.07, 6.45) is 2.18. The Morgan fingerprint density at radius 1 is 1.37 bits per heavy atom. The molecule has 150 valence electrons. The normalized spacial score (nSPS) is 23.3. The van der Waals surface area contributed by atoms with Gasteiger partial charge in [0.15, 0.2) is 10.8 Å². The molecule has 12 heteroatoms. The molecule has 0 unspecified atom stereocenters. The lowest BCUT2D eigenvalue weighted by Crippen LogP contribution is -2.17. The molecule has 1 aliphatic rings. The van der Waals surface area contributed by atoms with Gasteiger partial charge in [-0.15, -0.1) is 11.8 Å². The Morgan fingerprint density at radius 3 is 2.74 bits per heavy atom. The summed E-state index contributed by atoms with van der Waals surface area (Å²) >= 11 is 7.75. The molecule has 0 bridgehead atoms. The zero-order chi connectivity index (χ0) is 19.6. The first-order chi connectivity index (χ1) is 12.9. The summed E-state index contributed by atoms with van der Waals surface area (Å²) < 4.78 is 31.3. The predicted molar refractivity (Wildman–Crippen MR) is 106 cm³/mol. The molecule has 1 aliphatic heterocycles. The van der Waals surface area contributed by atoms with Gasteiger partial charge in [-0.05, 0) is 27.2 Å². The second-order valence-corrected chi connectivity index (χ2v) is 10.0. The van der Waals surface area contributed by atoms with Crippen LogP contribution in [0.3, 0.4) is 0 Å². The van der Waals surface area contributed by atoms with Crippen LogP contribution in [0.4, 0.5) is 5.95 Å². The number of rotatable bonds is 8. The van der Waals surface area contributed by atoms with Crippen LogP contribution in [-0.2, 0) is 18.3 Å². The Kier molecular flexibility index (Phi) is 6.66. The average Bonchev–Trinajstić information content (AvgIpc) is 3.17. The lowest BCUT2D eigenvalue weighted by molar-refractivity contribution is 0.00749. The fourth-order valence-electron chi connectivity index (χ4n) is 2.94. The fraction of sp³-hybridized carbons (Fsp3) is 0.667. The van der Waals surface area contributed by atoms with Crippen LogP contribution in [0.25, 0.3) is 11.2 Å². The standard InChI is InChI=1S/C15H23ClN5O4PS/c1-4-23-26(22,24-5-2)7-6-10-25-14(9(3)27-10)21-8-18-11-12(16)19-15(17)20-13(11)21/h8-10,14H,4-7H2,1-3H3,(H2,17,19,20)/t9-,10-,14+/m1/s1. The van der Waals surface area contributed by atoms with Crippen molar-refractivity contribution in [2.45, 2.75) is 44.1 Å². The first-order valence-electron chi connectivity index (χ1n) is 8.71. The first-order valence-corrected chi connectivity index (χ1v) is 11.8. The van der Waals surface area contributed by atoms with Gasteiger partial charge in [-0.3, -0.25) is 9.13 Å². The Hall–Kier alpha value is -0.900.